The van der Waals surface area contributed by atoms with Crippen molar-refractivity contribution in [3.8, 4) is 11.5 Å². The van der Waals surface area contributed by atoms with Crippen molar-refractivity contribution in [2.45, 2.75) is 36.8 Å². The Hall–Kier alpha value is -0.580. The fourth-order valence-corrected chi connectivity index (χ4v) is 4.61. The van der Waals surface area contributed by atoms with Crippen LogP contribution in [0.3, 0.4) is 0 Å². The monoisotopic (exact) mass is 328 g/mol. The number of methoxy groups -OCH3 is 1. The van der Waals surface area contributed by atoms with Crippen LogP contribution in [0.25, 0.3) is 0 Å². The number of ether oxygens (including phenoxy) is 3. The van der Waals surface area contributed by atoms with Crippen molar-refractivity contribution >= 4 is 23.4 Å². The molecule has 0 N–H and O–H groups in total. The van der Waals surface area contributed by atoms with Crippen molar-refractivity contribution in [1.29, 1.82) is 0 Å². The Labute approximate surface area is 135 Å². The minimum absolute atomic E-state index is 0.0353. The Balaban J connectivity index is 1.73. The van der Waals surface area contributed by atoms with Crippen LogP contribution in [0.2, 0.25) is 0 Å². The highest BCUT2D eigenvalue weighted by Crippen LogP contribution is 2.40. The normalized spacial score (nSPS) is 28.8. The Bertz CT molecular complexity index is 488. The molecule has 0 aliphatic carbocycles. The molecule has 0 bridgehead atoms. The second-order valence-corrected chi connectivity index (χ2v) is 7.05. The number of alkyl halides is 1. The van der Waals surface area contributed by atoms with Gasteiger partial charge in [0.25, 0.3) is 0 Å². The largest absolute Gasteiger partial charge is 0.497 e. The standard InChI is InChI=1S/C16H21ClO3S/c1-18-13-3-2-12(10-17)15(8-13)20-14-4-6-19-16(9-14)5-7-21-11-16/h2-3,8,14H,4-7,9-11H2,1H3. The number of rotatable bonds is 4. The van der Waals surface area contributed by atoms with Crippen molar-refractivity contribution in [3.63, 3.8) is 0 Å². The van der Waals surface area contributed by atoms with E-state index in [0.29, 0.717) is 5.88 Å². The molecule has 5 heteroatoms. The van der Waals surface area contributed by atoms with Gasteiger partial charge in [0.05, 0.1) is 25.2 Å². The lowest BCUT2D eigenvalue weighted by atomic mass is 9.91. The van der Waals surface area contributed by atoms with E-state index in [9.17, 15) is 0 Å². The summed E-state index contributed by atoms with van der Waals surface area (Å²) in [7, 11) is 1.67. The van der Waals surface area contributed by atoms with Gasteiger partial charge in [-0.2, -0.15) is 11.8 Å². The third-order valence-corrected chi connectivity index (χ3v) is 5.74. The third-order valence-electron chi connectivity index (χ3n) is 4.23. The van der Waals surface area contributed by atoms with Crippen molar-refractivity contribution < 1.29 is 14.2 Å². The lowest BCUT2D eigenvalue weighted by Gasteiger charge is -2.37. The van der Waals surface area contributed by atoms with Gasteiger partial charge >= 0.3 is 0 Å². The molecule has 116 valence electrons. The summed E-state index contributed by atoms with van der Waals surface area (Å²) in [5.74, 6) is 4.38. The summed E-state index contributed by atoms with van der Waals surface area (Å²) in [4.78, 5) is 0. The molecule has 2 atom stereocenters. The maximum atomic E-state index is 6.25. The number of hydrogen-bond acceptors (Lipinski definition) is 4. The fraction of sp³-hybridized carbons (Fsp3) is 0.625. The van der Waals surface area contributed by atoms with Crippen LogP contribution in [0.5, 0.6) is 11.5 Å². The summed E-state index contributed by atoms with van der Waals surface area (Å²) >= 11 is 8.00. The predicted octanol–water partition coefficient (Wildman–Crippen LogP) is 3.87. The summed E-state index contributed by atoms with van der Waals surface area (Å²) in [5.41, 5.74) is 1.05. The van der Waals surface area contributed by atoms with E-state index < -0.39 is 0 Å². The Morgan fingerprint density at radius 1 is 1.48 bits per heavy atom. The van der Waals surface area contributed by atoms with Gasteiger partial charge in [0.15, 0.2) is 0 Å². The zero-order valence-corrected chi connectivity index (χ0v) is 13.8. The first-order valence-corrected chi connectivity index (χ1v) is 9.05. The molecule has 0 amide bonds. The van der Waals surface area contributed by atoms with Gasteiger partial charge in [-0.1, -0.05) is 6.07 Å². The highest BCUT2D eigenvalue weighted by molar-refractivity contribution is 7.99. The van der Waals surface area contributed by atoms with Gasteiger partial charge in [-0.25, -0.2) is 0 Å². The summed E-state index contributed by atoms with van der Waals surface area (Å²) in [5, 5.41) is 0. The maximum absolute atomic E-state index is 6.25. The van der Waals surface area contributed by atoms with E-state index in [2.05, 4.69) is 0 Å². The minimum atomic E-state index is 0.0353. The second-order valence-electron chi connectivity index (χ2n) is 5.67. The smallest absolute Gasteiger partial charge is 0.127 e. The Morgan fingerprint density at radius 3 is 3.10 bits per heavy atom. The number of benzene rings is 1. The molecule has 2 unspecified atom stereocenters. The van der Waals surface area contributed by atoms with Crippen LogP contribution in [0.1, 0.15) is 24.8 Å². The second kappa shape index (κ2) is 6.67. The van der Waals surface area contributed by atoms with E-state index in [1.54, 1.807) is 7.11 Å². The van der Waals surface area contributed by atoms with Gasteiger partial charge in [0, 0.05) is 30.2 Å². The van der Waals surface area contributed by atoms with E-state index >= 15 is 0 Å². The van der Waals surface area contributed by atoms with Gasteiger partial charge in [0.1, 0.15) is 17.6 Å². The lowest BCUT2D eigenvalue weighted by molar-refractivity contribution is -0.0960. The number of thioether (sulfide) groups is 1. The molecule has 2 aliphatic rings. The molecule has 2 fully saturated rings. The molecular formula is C16H21ClO3S. The summed E-state index contributed by atoms with van der Waals surface area (Å²) < 4.78 is 17.6. The van der Waals surface area contributed by atoms with Crippen LogP contribution in [0, 0.1) is 0 Å². The third kappa shape index (κ3) is 3.43. The summed E-state index contributed by atoms with van der Waals surface area (Å²) in [6.07, 6.45) is 3.24. The zero-order valence-electron chi connectivity index (χ0n) is 12.3. The molecule has 1 spiro atoms. The molecule has 0 saturated carbocycles. The van der Waals surface area contributed by atoms with E-state index in [4.69, 9.17) is 25.8 Å². The average Bonchev–Trinajstić information content (AvgIpc) is 2.95. The minimum Gasteiger partial charge on any atom is -0.497 e. The molecule has 2 heterocycles. The van der Waals surface area contributed by atoms with Crippen molar-refractivity contribution in [2.75, 3.05) is 25.2 Å². The quantitative estimate of drug-likeness (QED) is 0.784. The molecule has 3 nitrogen and oxygen atoms in total. The van der Waals surface area contributed by atoms with Crippen LogP contribution < -0.4 is 9.47 Å². The van der Waals surface area contributed by atoms with E-state index in [1.807, 2.05) is 30.0 Å². The molecule has 1 aromatic rings. The van der Waals surface area contributed by atoms with Gasteiger partial charge in [0.2, 0.25) is 0 Å². The molecule has 2 saturated heterocycles. The van der Waals surface area contributed by atoms with E-state index in [-0.39, 0.29) is 11.7 Å². The first kappa shape index (κ1) is 15.3. The van der Waals surface area contributed by atoms with E-state index in [0.717, 1.165) is 48.7 Å². The van der Waals surface area contributed by atoms with Gasteiger partial charge < -0.3 is 14.2 Å². The van der Waals surface area contributed by atoms with Gasteiger partial charge in [-0.15, -0.1) is 11.6 Å². The Morgan fingerprint density at radius 2 is 2.38 bits per heavy atom. The number of halogens is 1. The van der Waals surface area contributed by atoms with Crippen LogP contribution in [0.4, 0.5) is 0 Å². The highest BCUT2D eigenvalue weighted by atomic mass is 35.5. The van der Waals surface area contributed by atoms with Crippen molar-refractivity contribution in [1.82, 2.24) is 0 Å². The number of hydrogen-bond donors (Lipinski definition) is 0. The summed E-state index contributed by atoms with van der Waals surface area (Å²) in [6, 6.07) is 5.83. The first-order valence-electron chi connectivity index (χ1n) is 7.36. The topological polar surface area (TPSA) is 27.7 Å². The molecule has 0 radical (unpaired) electrons. The lowest BCUT2D eigenvalue weighted by Crippen LogP contribution is -2.43. The van der Waals surface area contributed by atoms with Crippen LogP contribution in [0.15, 0.2) is 18.2 Å². The fourth-order valence-electron chi connectivity index (χ4n) is 3.01. The first-order chi connectivity index (χ1) is 10.2. The predicted molar refractivity (Wildman–Crippen MR) is 86.8 cm³/mol. The zero-order chi connectivity index (χ0) is 14.7. The highest BCUT2D eigenvalue weighted by Gasteiger charge is 2.41. The maximum Gasteiger partial charge on any atom is 0.127 e. The van der Waals surface area contributed by atoms with Crippen molar-refractivity contribution in [2.24, 2.45) is 0 Å². The van der Waals surface area contributed by atoms with Gasteiger partial charge in [-0.05, 0) is 18.2 Å². The molecular weight excluding hydrogens is 308 g/mol. The van der Waals surface area contributed by atoms with E-state index in [1.165, 1.54) is 5.75 Å². The average molecular weight is 329 g/mol. The van der Waals surface area contributed by atoms with Crippen molar-refractivity contribution in [3.05, 3.63) is 23.8 Å². The SMILES string of the molecule is COc1ccc(CCl)c(OC2CCOC3(CCSC3)C2)c1. The Kier molecular flexibility index (Phi) is 4.87. The van der Waals surface area contributed by atoms with Crippen LogP contribution >= 0.6 is 23.4 Å². The molecule has 3 rings (SSSR count). The molecule has 1 aromatic carbocycles. The molecule has 21 heavy (non-hydrogen) atoms. The molecule has 2 aliphatic heterocycles. The summed E-state index contributed by atoms with van der Waals surface area (Å²) in [6.45, 7) is 0.783. The molecule has 0 aromatic heterocycles. The van der Waals surface area contributed by atoms with Crippen LogP contribution in [-0.4, -0.2) is 36.9 Å². The van der Waals surface area contributed by atoms with Gasteiger partial charge in [-0.3, -0.25) is 0 Å². The van der Waals surface area contributed by atoms with Crippen LogP contribution in [-0.2, 0) is 10.6 Å².